The number of ether oxygens (including phenoxy) is 4. The molecule has 216 valence electrons. The summed E-state index contributed by atoms with van der Waals surface area (Å²) in [5.41, 5.74) is 4.17. The Bertz CT molecular complexity index is 1160. The van der Waals surface area contributed by atoms with E-state index in [0.29, 0.717) is 0 Å². The van der Waals surface area contributed by atoms with E-state index < -0.39 is 7.87 Å². The Balaban J connectivity index is 1.98. The quantitative estimate of drug-likeness (QED) is 0.164. The van der Waals surface area contributed by atoms with Gasteiger partial charge in [0, 0.05) is 28.2 Å². The third kappa shape index (κ3) is 5.79. The Morgan fingerprint density at radius 2 is 0.512 bits per heavy atom. The summed E-state index contributed by atoms with van der Waals surface area (Å²) in [6, 6.07) is 32.7. The van der Waals surface area contributed by atoms with Gasteiger partial charge in [0.15, 0.2) is 0 Å². The van der Waals surface area contributed by atoms with Crippen molar-refractivity contribution in [2.24, 2.45) is 0 Å². The van der Waals surface area contributed by atoms with Crippen molar-refractivity contribution in [1.82, 2.24) is 0 Å². The van der Waals surface area contributed by atoms with Crippen LogP contribution in [0, 0.1) is 0 Å². The van der Waals surface area contributed by atoms with Crippen LogP contribution in [0.3, 0.4) is 0 Å². The van der Waals surface area contributed by atoms with Gasteiger partial charge in [-0.25, -0.2) is 0 Å². The standard InChI is InChI=1S/C32H40N4O4P/c1-33(25-9-17-29(37-5)18-10-25)41(34(2)26-11-19-30(38-6)20-12-26,35(3)27-13-21-31(39-7)22-14-27)36(4)28-15-23-32(40-8)24-16-28/h9-24H,1-8H3/q+1. The first-order chi connectivity index (χ1) is 19.8. The molecule has 0 saturated carbocycles. The molecule has 0 N–H and O–H groups in total. The Morgan fingerprint density at radius 1 is 0.341 bits per heavy atom. The molecule has 0 saturated heterocycles. The summed E-state index contributed by atoms with van der Waals surface area (Å²) in [5, 5.41) is 0. The monoisotopic (exact) mass is 575 g/mol. The van der Waals surface area contributed by atoms with Gasteiger partial charge in [-0.2, -0.15) is 18.7 Å². The Hall–Kier alpha value is -4.29. The first kappa shape index (κ1) is 29.7. The van der Waals surface area contributed by atoms with Crippen molar-refractivity contribution in [2.45, 2.75) is 0 Å². The van der Waals surface area contributed by atoms with Gasteiger partial charge in [0.25, 0.3) is 0 Å². The Morgan fingerprint density at radius 3 is 0.659 bits per heavy atom. The van der Waals surface area contributed by atoms with Crippen LogP contribution in [0.5, 0.6) is 23.0 Å². The zero-order valence-electron chi connectivity index (χ0n) is 25.1. The lowest BCUT2D eigenvalue weighted by Crippen LogP contribution is -2.49. The molecule has 0 fully saturated rings. The van der Waals surface area contributed by atoms with Crippen LogP contribution in [0.4, 0.5) is 22.7 Å². The van der Waals surface area contributed by atoms with Crippen molar-refractivity contribution in [3.8, 4) is 23.0 Å². The molecule has 41 heavy (non-hydrogen) atoms. The van der Waals surface area contributed by atoms with Gasteiger partial charge in [-0.3, -0.25) is 0 Å². The molecular formula is C32H40N4O4P+. The highest BCUT2D eigenvalue weighted by Gasteiger charge is 2.59. The van der Waals surface area contributed by atoms with Crippen LogP contribution in [0.15, 0.2) is 97.1 Å². The molecule has 0 amide bonds. The zero-order chi connectivity index (χ0) is 29.6. The van der Waals surface area contributed by atoms with Crippen molar-refractivity contribution in [3.05, 3.63) is 97.1 Å². The van der Waals surface area contributed by atoms with Crippen LogP contribution in [-0.4, -0.2) is 56.6 Å². The summed E-state index contributed by atoms with van der Waals surface area (Å²) in [5.74, 6) is 3.23. The number of anilines is 4. The summed E-state index contributed by atoms with van der Waals surface area (Å²) < 4.78 is 31.4. The second kappa shape index (κ2) is 12.9. The molecule has 4 rings (SSSR count). The lowest BCUT2D eigenvalue weighted by Gasteiger charge is -2.49. The van der Waals surface area contributed by atoms with E-state index in [2.05, 4.69) is 95.4 Å². The van der Waals surface area contributed by atoms with Crippen LogP contribution < -0.4 is 37.6 Å². The third-order valence-corrected chi connectivity index (χ3v) is 11.5. The van der Waals surface area contributed by atoms with E-state index in [4.69, 9.17) is 18.9 Å². The third-order valence-electron chi connectivity index (χ3n) is 7.39. The summed E-state index contributed by atoms with van der Waals surface area (Å²) >= 11 is 0. The average Bonchev–Trinajstić information content (AvgIpc) is 3.04. The maximum atomic E-state index is 5.47. The fourth-order valence-corrected chi connectivity index (χ4v) is 9.21. The van der Waals surface area contributed by atoms with E-state index in [1.54, 1.807) is 28.4 Å². The van der Waals surface area contributed by atoms with E-state index in [1.807, 2.05) is 48.5 Å². The van der Waals surface area contributed by atoms with Crippen molar-refractivity contribution in [1.29, 1.82) is 0 Å². The summed E-state index contributed by atoms with van der Waals surface area (Å²) in [6.07, 6.45) is 0. The van der Waals surface area contributed by atoms with Crippen LogP contribution >= 0.6 is 7.87 Å². The number of methoxy groups -OCH3 is 4. The molecule has 8 nitrogen and oxygen atoms in total. The fraction of sp³-hybridized carbons (Fsp3) is 0.250. The van der Waals surface area contributed by atoms with E-state index >= 15 is 0 Å². The number of hydrogen-bond donors (Lipinski definition) is 0. The first-order valence-electron chi connectivity index (χ1n) is 13.2. The fourth-order valence-electron chi connectivity index (χ4n) is 5.02. The van der Waals surface area contributed by atoms with Gasteiger partial charge < -0.3 is 18.9 Å². The number of hydrogen-bond acceptors (Lipinski definition) is 8. The molecule has 9 heteroatoms. The van der Waals surface area contributed by atoms with Crippen molar-refractivity contribution >= 4 is 30.6 Å². The Kier molecular flexibility index (Phi) is 9.35. The second-order valence-electron chi connectivity index (χ2n) is 9.42. The molecule has 0 atom stereocenters. The molecular weight excluding hydrogens is 535 g/mol. The highest BCUT2D eigenvalue weighted by Crippen LogP contribution is 2.71. The largest absolute Gasteiger partial charge is 0.497 e. The highest BCUT2D eigenvalue weighted by molar-refractivity contribution is 7.81. The van der Waals surface area contributed by atoms with E-state index in [9.17, 15) is 0 Å². The average molecular weight is 576 g/mol. The van der Waals surface area contributed by atoms with Gasteiger partial charge in [-0.05, 0) is 97.1 Å². The number of rotatable bonds is 12. The van der Waals surface area contributed by atoms with Gasteiger partial charge in [0.05, 0.1) is 51.2 Å². The van der Waals surface area contributed by atoms with Gasteiger partial charge in [0.2, 0.25) is 0 Å². The zero-order valence-corrected chi connectivity index (χ0v) is 26.0. The van der Waals surface area contributed by atoms with Crippen LogP contribution in [-0.2, 0) is 0 Å². The van der Waals surface area contributed by atoms with E-state index in [1.165, 1.54) is 0 Å². The smallest absolute Gasteiger partial charge is 0.404 e. The van der Waals surface area contributed by atoms with Crippen molar-refractivity contribution in [2.75, 3.05) is 75.3 Å². The maximum absolute atomic E-state index is 5.47. The number of benzene rings is 4. The summed E-state index contributed by atoms with van der Waals surface area (Å²) in [7, 11) is 12.7. The molecule has 0 aliphatic rings. The lowest BCUT2D eigenvalue weighted by atomic mass is 10.3. The first-order valence-corrected chi connectivity index (χ1v) is 14.8. The minimum Gasteiger partial charge on any atom is -0.497 e. The SMILES string of the molecule is COc1ccc(N(C)[P+](N(C)c2ccc(OC)cc2)(N(C)c2ccc(OC)cc2)N(C)c2ccc(OC)cc2)cc1. The minimum atomic E-state index is -2.67. The molecule has 0 radical (unpaired) electrons. The molecule has 0 aromatic heterocycles. The van der Waals surface area contributed by atoms with Crippen molar-refractivity contribution < 1.29 is 18.9 Å². The minimum absolute atomic E-state index is 0.807. The van der Waals surface area contributed by atoms with Crippen LogP contribution in [0.25, 0.3) is 0 Å². The van der Waals surface area contributed by atoms with Gasteiger partial charge in [-0.15, -0.1) is 0 Å². The molecule has 0 aliphatic heterocycles. The lowest BCUT2D eigenvalue weighted by molar-refractivity contribution is 0.415. The second-order valence-corrected chi connectivity index (χ2v) is 12.9. The van der Waals surface area contributed by atoms with Gasteiger partial charge >= 0.3 is 7.87 Å². The summed E-state index contributed by atoms with van der Waals surface area (Å²) in [6.45, 7) is 0. The molecule has 0 heterocycles. The van der Waals surface area contributed by atoms with Crippen molar-refractivity contribution in [3.63, 3.8) is 0 Å². The molecule has 4 aromatic rings. The molecule has 0 unspecified atom stereocenters. The molecule has 0 bridgehead atoms. The molecule has 4 aromatic carbocycles. The highest BCUT2D eigenvalue weighted by atomic mass is 31.2. The maximum Gasteiger partial charge on any atom is 0.404 e. The van der Waals surface area contributed by atoms with Crippen LogP contribution in [0.2, 0.25) is 0 Å². The predicted octanol–water partition coefficient (Wildman–Crippen LogP) is 7.24. The van der Waals surface area contributed by atoms with E-state index in [-0.39, 0.29) is 0 Å². The summed E-state index contributed by atoms with van der Waals surface area (Å²) in [4.78, 5) is 0. The topological polar surface area (TPSA) is 49.9 Å². The number of nitrogens with zero attached hydrogens (tertiary/aromatic N) is 4. The predicted molar refractivity (Wildman–Crippen MR) is 173 cm³/mol. The van der Waals surface area contributed by atoms with Crippen LogP contribution in [0.1, 0.15) is 0 Å². The van der Waals surface area contributed by atoms with Gasteiger partial charge in [0.1, 0.15) is 23.0 Å². The normalized spacial score (nSPS) is 10.9. The van der Waals surface area contributed by atoms with Gasteiger partial charge in [-0.1, -0.05) is 0 Å². The molecule has 0 aliphatic carbocycles. The molecule has 0 spiro atoms. The Labute approximate surface area is 244 Å². The van der Waals surface area contributed by atoms with E-state index in [0.717, 1.165) is 45.7 Å².